The van der Waals surface area contributed by atoms with E-state index in [9.17, 15) is 9.59 Å². The molecular weight excluding hydrogens is 386 g/mol. The molecule has 2 atom stereocenters. The molecule has 2 aliphatic heterocycles. The van der Waals surface area contributed by atoms with Crippen LogP contribution in [0.15, 0.2) is 30.3 Å². The van der Waals surface area contributed by atoms with Gasteiger partial charge in [-0.2, -0.15) is 0 Å². The summed E-state index contributed by atoms with van der Waals surface area (Å²) in [4.78, 5) is 26.6. The average molecular weight is 422 g/mol. The van der Waals surface area contributed by atoms with Gasteiger partial charge in [0.25, 0.3) is 0 Å². The van der Waals surface area contributed by atoms with Gasteiger partial charge in [-0.05, 0) is 68.5 Å². The fourth-order valence-electron chi connectivity index (χ4n) is 4.52. The molecule has 5 nitrogen and oxygen atoms in total. The van der Waals surface area contributed by atoms with Crippen LogP contribution < -0.4 is 10.6 Å². The summed E-state index contributed by atoms with van der Waals surface area (Å²) in [5, 5.41) is 6.26. The second-order valence-corrected chi connectivity index (χ2v) is 8.58. The van der Waals surface area contributed by atoms with Crippen molar-refractivity contribution in [2.75, 3.05) is 32.7 Å². The zero-order chi connectivity index (χ0) is 19.8. The molecule has 0 radical (unpaired) electrons. The lowest BCUT2D eigenvalue weighted by Gasteiger charge is -2.32. The Bertz CT molecular complexity index is 626. The van der Waals surface area contributed by atoms with Crippen molar-refractivity contribution < 1.29 is 9.59 Å². The van der Waals surface area contributed by atoms with E-state index < -0.39 is 0 Å². The van der Waals surface area contributed by atoms with Crippen molar-refractivity contribution in [3.05, 3.63) is 35.9 Å². The minimum Gasteiger partial charge on any atom is -0.347 e. The number of carbonyl (C=O) groups is 2. The largest absolute Gasteiger partial charge is 0.347 e. The first kappa shape index (κ1) is 23.7. The zero-order valence-electron chi connectivity index (χ0n) is 17.6. The molecule has 0 aliphatic carbocycles. The van der Waals surface area contributed by atoms with E-state index in [0.29, 0.717) is 24.2 Å². The first-order valence-electron chi connectivity index (χ1n) is 10.9. The first-order chi connectivity index (χ1) is 13.6. The number of hydrogen-bond donors (Lipinski definition) is 2. The van der Waals surface area contributed by atoms with Crippen LogP contribution in [0.3, 0.4) is 0 Å². The minimum absolute atomic E-state index is 0. The van der Waals surface area contributed by atoms with Gasteiger partial charge in [0.2, 0.25) is 11.8 Å². The monoisotopic (exact) mass is 421 g/mol. The van der Waals surface area contributed by atoms with Gasteiger partial charge in [-0.1, -0.05) is 37.3 Å². The van der Waals surface area contributed by atoms with Crippen molar-refractivity contribution >= 4 is 24.2 Å². The van der Waals surface area contributed by atoms with Crippen LogP contribution in [0.1, 0.15) is 44.6 Å². The van der Waals surface area contributed by atoms with Crippen molar-refractivity contribution in [1.29, 1.82) is 0 Å². The van der Waals surface area contributed by atoms with Crippen LogP contribution in [-0.2, 0) is 16.0 Å². The normalized spacial score (nSPS) is 21.1. The predicted molar refractivity (Wildman–Crippen MR) is 119 cm³/mol. The molecule has 1 aromatic rings. The van der Waals surface area contributed by atoms with Gasteiger partial charge in [0.1, 0.15) is 0 Å². The van der Waals surface area contributed by atoms with Crippen molar-refractivity contribution in [3.8, 4) is 0 Å². The van der Waals surface area contributed by atoms with Gasteiger partial charge >= 0.3 is 0 Å². The van der Waals surface area contributed by atoms with Gasteiger partial charge in [-0.15, -0.1) is 12.4 Å². The summed E-state index contributed by atoms with van der Waals surface area (Å²) in [5.41, 5.74) is 1.38. The van der Waals surface area contributed by atoms with Crippen LogP contribution in [0.2, 0.25) is 0 Å². The predicted octanol–water partition coefficient (Wildman–Crippen LogP) is 3.03. The van der Waals surface area contributed by atoms with Crippen LogP contribution in [0.5, 0.6) is 0 Å². The third kappa shape index (κ3) is 7.63. The number of nitrogens with one attached hydrogen (secondary N) is 2. The average Bonchev–Trinajstić information content (AvgIpc) is 2.74. The maximum atomic E-state index is 12.5. The Kier molecular flexibility index (Phi) is 9.95. The van der Waals surface area contributed by atoms with Crippen LogP contribution >= 0.6 is 12.4 Å². The van der Waals surface area contributed by atoms with Crippen LogP contribution in [-0.4, -0.2) is 49.4 Å². The van der Waals surface area contributed by atoms with E-state index in [1.165, 1.54) is 18.4 Å². The maximum Gasteiger partial charge on any atom is 0.241 e. The second-order valence-electron chi connectivity index (χ2n) is 8.58. The van der Waals surface area contributed by atoms with Crippen LogP contribution in [0.4, 0.5) is 0 Å². The van der Waals surface area contributed by atoms with Crippen molar-refractivity contribution in [1.82, 2.24) is 15.5 Å². The summed E-state index contributed by atoms with van der Waals surface area (Å²) < 4.78 is 0. The number of rotatable bonds is 7. The van der Waals surface area contributed by atoms with E-state index in [4.69, 9.17) is 0 Å². The Hall–Kier alpha value is -1.59. The Morgan fingerprint density at radius 1 is 1.17 bits per heavy atom. The zero-order valence-corrected chi connectivity index (χ0v) is 18.4. The van der Waals surface area contributed by atoms with Crippen molar-refractivity contribution in [2.45, 2.75) is 45.4 Å². The number of hydrogen-bond acceptors (Lipinski definition) is 3. The maximum absolute atomic E-state index is 12.5. The summed E-state index contributed by atoms with van der Waals surface area (Å²) in [7, 11) is 0. The van der Waals surface area contributed by atoms with E-state index in [1.807, 2.05) is 11.0 Å². The third-order valence-electron chi connectivity index (χ3n) is 6.42. The quantitative estimate of drug-likeness (QED) is 0.711. The molecule has 2 amide bonds. The molecule has 2 N–H and O–H groups in total. The van der Waals surface area contributed by atoms with Gasteiger partial charge in [0.05, 0.1) is 6.54 Å². The van der Waals surface area contributed by atoms with E-state index in [-0.39, 0.29) is 30.8 Å². The Morgan fingerprint density at radius 3 is 2.55 bits per heavy atom. The number of nitrogens with zero attached hydrogens (tertiary/aromatic N) is 1. The van der Waals surface area contributed by atoms with Gasteiger partial charge in [0.15, 0.2) is 0 Å². The molecule has 2 saturated heterocycles. The highest BCUT2D eigenvalue weighted by atomic mass is 35.5. The number of likely N-dealkylation sites (tertiary alicyclic amines) is 1. The van der Waals surface area contributed by atoms with Gasteiger partial charge < -0.3 is 15.5 Å². The van der Waals surface area contributed by atoms with Gasteiger partial charge in [-0.25, -0.2) is 0 Å². The standard InChI is InChI=1S/C23H35N3O2.ClH/c1-18(21-8-5-11-24-16-21)14-22(27)25-17-23(28)26-12-9-20(10-13-26)15-19-6-3-2-4-7-19;/h2-4,6-7,18,20-21,24H,5,8-17H2,1H3,(H,25,27);1H. The molecule has 6 heteroatoms. The summed E-state index contributed by atoms with van der Waals surface area (Å²) >= 11 is 0. The Balaban J connectivity index is 0.00000300. The lowest BCUT2D eigenvalue weighted by Crippen LogP contribution is -2.44. The molecule has 2 heterocycles. The highest BCUT2D eigenvalue weighted by Gasteiger charge is 2.25. The molecule has 1 aromatic carbocycles. The third-order valence-corrected chi connectivity index (χ3v) is 6.42. The number of piperidine rings is 2. The smallest absolute Gasteiger partial charge is 0.241 e. The molecule has 0 bridgehead atoms. The fraction of sp³-hybridized carbons (Fsp3) is 0.652. The molecule has 2 aliphatic rings. The molecule has 162 valence electrons. The Morgan fingerprint density at radius 2 is 1.90 bits per heavy atom. The highest BCUT2D eigenvalue weighted by Crippen LogP contribution is 2.23. The molecular formula is C23H36ClN3O2. The second kappa shape index (κ2) is 12.2. The van der Waals surface area contributed by atoms with Crippen molar-refractivity contribution in [3.63, 3.8) is 0 Å². The molecule has 2 unspecified atom stereocenters. The van der Waals surface area contributed by atoms with Crippen LogP contribution in [0.25, 0.3) is 0 Å². The fourth-order valence-corrected chi connectivity index (χ4v) is 4.52. The number of carbonyl (C=O) groups excluding carboxylic acids is 2. The molecule has 0 aromatic heterocycles. The molecule has 3 rings (SSSR count). The lowest BCUT2D eigenvalue weighted by atomic mass is 9.85. The molecule has 29 heavy (non-hydrogen) atoms. The van der Waals surface area contributed by atoms with Gasteiger partial charge in [-0.3, -0.25) is 9.59 Å². The van der Waals surface area contributed by atoms with Crippen LogP contribution in [0, 0.1) is 17.8 Å². The summed E-state index contributed by atoms with van der Waals surface area (Å²) in [5.74, 6) is 1.63. The number of amides is 2. The molecule has 0 saturated carbocycles. The highest BCUT2D eigenvalue weighted by molar-refractivity contribution is 5.85. The molecule has 0 spiro atoms. The molecule has 2 fully saturated rings. The minimum atomic E-state index is 0. The SMILES string of the molecule is CC(CC(=O)NCC(=O)N1CCC(Cc2ccccc2)CC1)C1CCCNC1.Cl. The van der Waals surface area contributed by atoms with E-state index in [1.54, 1.807) is 0 Å². The van der Waals surface area contributed by atoms with E-state index in [2.05, 4.69) is 41.8 Å². The van der Waals surface area contributed by atoms with E-state index >= 15 is 0 Å². The number of benzene rings is 1. The van der Waals surface area contributed by atoms with Crippen molar-refractivity contribution in [2.24, 2.45) is 17.8 Å². The lowest BCUT2D eigenvalue weighted by molar-refractivity contribution is -0.134. The topological polar surface area (TPSA) is 61.4 Å². The first-order valence-corrected chi connectivity index (χ1v) is 10.9. The summed E-state index contributed by atoms with van der Waals surface area (Å²) in [6, 6.07) is 10.6. The summed E-state index contributed by atoms with van der Waals surface area (Å²) in [6.45, 7) is 5.98. The number of halogens is 1. The Labute approximate surface area is 181 Å². The van der Waals surface area contributed by atoms with E-state index in [0.717, 1.165) is 45.4 Å². The summed E-state index contributed by atoms with van der Waals surface area (Å²) in [6.07, 6.45) is 6.07. The van der Waals surface area contributed by atoms with Gasteiger partial charge in [0, 0.05) is 19.5 Å².